The minimum Gasteiger partial charge on any atom is -0.449 e. The fourth-order valence-electron chi connectivity index (χ4n) is 4.56. The van der Waals surface area contributed by atoms with Gasteiger partial charge in [-0.15, -0.1) is 0 Å². The third-order valence-electron chi connectivity index (χ3n) is 6.57. The molecule has 0 aliphatic heterocycles. The number of carbonyl (C=O) groups is 3. The molecule has 0 unspecified atom stereocenters. The molecule has 0 saturated heterocycles. The van der Waals surface area contributed by atoms with Crippen LogP contribution in [0.25, 0.3) is 11.1 Å². The molecule has 2 atom stereocenters. The molecule has 194 valence electrons. The van der Waals surface area contributed by atoms with E-state index in [1.807, 2.05) is 43.3 Å². The van der Waals surface area contributed by atoms with E-state index in [4.69, 9.17) is 4.74 Å². The van der Waals surface area contributed by atoms with Crippen LogP contribution in [0, 0.1) is 0 Å². The number of alkyl carbamates (subject to hydrolysis) is 1. The molecular formula is C28H37N3O4S. The van der Waals surface area contributed by atoms with Gasteiger partial charge in [0, 0.05) is 17.7 Å². The Hall–Kier alpha value is -3.00. The lowest BCUT2D eigenvalue weighted by Crippen LogP contribution is -2.51. The second-order valence-corrected chi connectivity index (χ2v) is 9.46. The van der Waals surface area contributed by atoms with Gasteiger partial charge in [0.2, 0.25) is 11.8 Å². The lowest BCUT2D eigenvalue weighted by Gasteiger charge is -2.19. The zero-order valence-corrected chi connectivity index (χ0v) is 22.0. The Morgan fingerprint density at radius 3 is 2.17 bits per heavy atom. The Balaban J connectivity index is 1.47. The van der Waals surface area contributed by atoms with Gasteiger partial charge in [-0.1, -0.05) is 81.6 Å². The summed E-state index contributed by atoms with van der Waals surface area (Å²) < 4.78 is 5.52. The van der Waals surface area contributed by atoms with E-state index in [1.54, 1.807) is 0 Å². The standard InChI is InChI=1S/C28H37N3O4S/c1-3-5-6-11-19(4-2)30-26(32)16-29-27(33)25(18-36)31-28(34)35-17-24-22-14-9-7-12-20(22)21-13-8-10-15-23(21)24/h7-10,12-15,19,24-25,36H,3-6,11,16-18H2,1-2H3,(H,29,33)(H,30,32)(H,31,34)/t19-,25+/m1/s1. The van der Waals surface area contributed by atoms with E-state index in [0.717, 1.165) is 54.4 Å². The lowest BCUT2D eigenvalue weighted by atomic mass is 9.98. The molecule has 3 rings (SSSR count). The van der Waals surface area contributed by atoms with Gasteiger partial charge in [0.25, 0.3) is 0 Å². The van der Waals surface area contributed by atoms with Crippen LogP contribution in [-0.2, 0) is 14.3 Å². The van der Waals surface area contributed by atoms with Crippen molar-refractivity contribution >= 4 is 30.5 Å². The summed E-state index contributed by atoms with van der Waals surface area (Å²) in [4.78, 5) is 37.4. The predicted molar refractivity (Wildman–Crippen MR) is 145 cm³/mol. The van der Waals surface area contributed by atoms with Gasteiger partial charge in [-0.3, -0.25) is 9.59 Å². The first-order valence-corrected chi connectivity index (χ1v) is 13.4. The van der Waals surface area contributed by atoms with Crippen molar-refractivity contribution in [1.29, 1.82) is 0 Å². The predicted octanol–water partition coefficient (Wildman–Crippen LogP) is 4.41. The van der Waals surface area contributed by atoms with Crippen molar-refractivity contribution in [1.82, 2.24) is 16.0 Å². The summed E-state index contributed by atoms with van der Waals surface area (Å²) in [7, 11) is 0. The second-order valence-electron chi connectivity index (χ2n) is 9.09. The molecule has 2 aromatic rings. The number of hydrogen-bond donors (Lipinski definition) is 4. The number of hydrogen-bond acceptors (Lipinski definition) is 5. The Kier molecular flexibility index (Phi) is 10.7. The van der Waals surface area contributed by atoms with E-state index in [1.165, 1.54) is 0 Å². The molecular weight excluding hydrogens is 474 g/mol. The molecule has 0 bridgehead atoms. The highest BCUT2D eigenvalue weighted by Crippen LogP contribution is 2.44. The van der Waals surface area contributed by atoms with Crippen molar-refractivity contribution in [3.8, 4) is 11.1 Å². The lowest BCUT2D eigenvalue weighted by molar-refractivity contribution is -0.127. The van der Waals surface area contributed by atoms with E-state index in [-0.39, 0.29) is 36.8 Å². The number of nitrogens with one attached hydrogen (secondary N) is 3. The maximum atomic E-state index is 12.6. The van der Waals surface area contributed by atoms with Crippen molar-refractivity contribution in [2.45, 2.75) is 64.0 Å². The van der Waals surface area contributed by atoms with Crippen LogP contribution in [0.5, 0.6) is 0 Å². The van der Waals surface area contributed by atoms with Gasteiger partial charge in [0.1, 0.15) is 12.6 Å². The van der Waals surface area contributed by atoms with Crippen LogP contribution in [0.3, 0.4) is 0 Å². The largest absolute Gasteiger partial charge is 0.449 e. The Morgan fingerprint density at radius 2 is 1.58 bits per heavy atom. The summed E-state index contributed by atoms with van der Waals surface area (Å²) in [5, 5.41) is 8.12. The molecule has 0 heterocycles. The molecule has 1 aliphatic carbocycles. The van der Waals surface area contributed by atoms with E-state index in [9.17, 15) is 14.4 Å². The zero-order valence-electron chi connectivity index (χ0n) is 21.1. The fourth-order valence-corrected chi connectivity index (χ4v) is 4.82. The van der Waals surface area contributed by atoms with Crippen LogP contribution in [0.15, 0.2) is 48.5 Å². The molecule has 0 fully saturated rings. The number of unbranched alkanes of at least 4 members (excludes halogenated alkanes) is 2. The maximum absolute atomic E-state index is 12.6. The zero-order chi connectivity index (χ0) is 25.9. The average Bonchev–Trinajstić information content (AvgIpc) is 3.22. The highest BCUT2D eigenvalue weighted by molar-refractivity contribution is 7.80. The monoisotopic (exact) mass is 511 g/mol. The Labute approximate surface area is 219 Å². The highest BCUT2D eigenvalue weighted by Gasteiger charge is 2.29. The van der Waals surface area contributed by atoms with E-state index in [2.05, 4.69) is 47.6 Å². The molecule has 7 nitrogen and oxygen atoms in total. The number of carbonyl (C=O) groups excluding carboxylic acids is 3. The summed E-state index contributed by atoms with van der Waals surface area (Å²) in [5.74, 6) is -0.718. The smallest absolute Gasteiger partial charge is 0.407 e. The molecule has 0 radical (unpaired) electrons. The average molecular weight is 512 g/mol. The molecule has 3 amide bonds. The van der Waals surface area contributed by atoms with Crippen molar-refractivity contribution in [3.63, 3.8) is 0 Å². The minimum atomic E-state index is -0.914. The molecule has 2 aromatic carbocycles. The topological polar surface area (TPSA) is 96.5 Å². The number of thiol groups is 1. The van der Waals surface area contributed by atoms with E-state index >= 15 is 0 Å². The molecule has 0 aromatic heterocycles. The third kappa shape index (κ3) is 7.26. The molecule has 3 N–H and O–H groups in total. The SMILES string of the molecule is CCCCC[C@@H](CC)NC(=O)CNC(=O)[C@H](CS)NC(=O)OCC1c2ccccc2-c2ccccc21. The summed E-state index contributed by atoms with van der Waals surface area (Å²) >= 11 is 4.19. The summed E-state index contributed by atoms with van der Waals surface area (Å²) in [5.41, 5.74) is 4.51. The van der Waals surface area contributed by atoms with Gasteiger partial charge in [0.15, 0.2) is 0 Å². The number of fused-ring (bicyclic) bond motifs is 3. The normalized spacial score (nSPS) is 13.8. The summed E-state index contributed by atoms with van der Waals surface area (Å²) in [6.07, 6.45) is 4.39. The molecule has 0 saturated carbocycles. The maximum Gasteiger partial charge on any atom is 0.407 e. The van der Waals surface area contributed by atoms with Gasteiger partial charge in [-0.05, 0) is 35.1 Å². The van der Waals surface area contributed by atoms with Crippen molar-refractivity contribution in [2.75, 3.05) is 18.9 Å². The second kappa shape index (κ2) is 13.9. The van der Waals surface area contributed by atoms with Crippen LogP contribution in [0.2, 0.25) is 0 Å². The van der Waals surface area contributed by atoms with Gasteiger partial charge < -0.3 is 20.7 Å². The van der Waals surface area contributed by atoms with Gasteiger partial charge >= 0.3 is 6.09 Å². The van der Waals surface area contributed by atoms with Gasteiger partial charge in [-0.2, -0.15) is 12.6 Å². The molecule has 8 heteroatoms. The molecule has 0 spiro atoms. The summed E-state index contributed by atoms with van der Waals surface area (Å²) in [6.45, 7) is 4.17. The Morgan fingerprint density at radius 1 is 0.944 bits per heavy atom. The number of benzene rings is 2. The quantitative estimate of drug-likeness (QED) is 0.237. The van der Waals surface area contributed by atoms with Crippen LogP contribution in [-0.4, -0.2) is 48.9 Å². The molecule has 36 heavy (non-hydrogen) atoms. The van der Waals surface area contributed by atoms with E-state index < -0.39 is 18.0 Å². The van der Waals surface area contributed by atoms with Crippen molar-refractivity contribution in [3.05, 3.63) is 59.7 Å². The molecule has 1 aliphatic rings. The minimum absolute atomic E-state index is 0.0704. The number of rotatable bonds is 13. The number of amides is 3. The van der Waals surface area contributed by atoms with Crippen LogP contribution >= 0.6 is 12.6 Å². The van der Waals surface area contributed by atoms with Gasteiger partial charge in [0.05, 0.1) is 6.54 Å². The third-order valence-corrected chi connectivity index (χ3v) is 6.94. The Bertz CT molecular complexity index is 999. The van der Waals surface area contributed by atoms with E-state index in [0.29, 0.717) is 0 Å². The first-order valence-electron chi connectivity index (χ1n) is 12.8. The van der Waals surface area contributed by atoms with Crippen molar-refractivity contribution in [2.24, 2.45) is 0 Å². The number of ether oxygens (including phenoxy) is 1. The van der Waals surface area contributed by atoms with Crippen LogP contribution < -0.4 is 16.0 Å². The summed E-state index contributed by atoms with van der Waals surface area (Å²) in [6, 6.07) is 15.4. The fraction of sp³-hybridized carbons (Fsp3) is 0.464. The highest BCUT2D eigenvalue weighted by atomic mass is 32.1. The van der Waals surface area contributed by atoms with Crippen LogP contribution in [0.1, 0.15) is 63.0 Å². The first kappa shape index (κ1) is 27.6. The van der Waals surface area contributed by atoms with Gasteiger partial charge in [-0.25, -0.2) is 4.79 Å². The van der Waals surface area contributed by atoms with Crippen molar-refractivity contribution < 1.29 is 19.1 Å². The first-order chi connectivity index (χ1) is 17.5. The van der Waals surface area contributed by atoms with Crippen LogP contribution in [0.4, 0.5) is 4.79 Å².